The van der Waals surface area contributed by atoms with Crippen LogP contribution in [0, 0.1) is 25.2 Å². The maximum Gasteiger partial charge on any atom is 0.338 e. The van der Waals surface area contributed by atoms with Gasteiger partial charge in [-0.2, -0.15) is 10.4 Å². The van der Waals surface area contributed by atoms with Gasteiger partial charge in [0.25, 0.3) is 0 Å². The number of allylic oxidation sites excluding steroid dienone is 2. The third-order valence-corrected chi connectivity index (χ3v) is 3.86. The van der Waals surface area contributed by atoms with Gasteiger partial charge in [-0.25, -0.2) is 4.79 Å². The van der Waals surface area contributed by atoms with Gasteiger partial charge < -0.3 is 15.2 Å². The average Bonchev–Trinajstić information content (AvgIpc) is 2.70. The number of aromatic nitrogens is 2. The van der Waals surface area contributed by atoms with E-state index in [4.69, 9.17) is 15.2 Å². The normalized spacial score (nSPS) is 18.1. The second kappa shape index (κ2) is 5.56. The monoisotopic (exact) mass is 302 g/mol. The number of esters is 1. The fourth-order valence-corrected chi connectivity index (χ4v) is 2.75. The van der Waals surface area contributed by atoms with E-state index < -0.39 is 11.9 Å². The molecule has 22 heavy (non-hydrogen) atoms. The first kappa shape index (κ1) is 15.6. The molecule has 1 aliphatic rings. The number of aryl methyl sites for hydroxylation is 2. The van der Waals surface area contributed by atoms with Gasteiger partial charge in [0, 0.05) is 18.3 Å². The molecule has 116 valence electrons. The zero-order valence-corrected chi connectivity index (χ0v) is 13.2. The predicted octanol–water partition coefficient (Wildman–Crippen LogP) is 1.29. The number of hydrogen-bond donors (Lipinski definition) is 1. The van der Waals surface area contributed by atoms with Crippen LogP contribution >= 0.6 is 0 Å². The van der Waals surface area contributed by atoms with Crippen molar-refractivity contribution in [2.45, 2.75) is 26.7 Å². The van der Waals surface area contributed by atoms with E-state index in [1.54, 1.807) is 18.7 Å². The van der Waals surface area contributed by atoms with Gasteiger partial charge in [-0.1, -0.05) is 0 Å². The summed E-state index contributed by atoms with van der Waals surface area (Å²) < 4.78 is 11.9. The smallest absolute Gasteiger partial charge is 0.338 e. The lowest BCUT2D eigenvalue weighted by atomic mass is 9.82. The maximum atomic E-state index is 12.2. The highest BCUT2D eigenvalue weighted by atomic mass is 16.5. The van der Waals surface area contributed by atoms with Crippen molar-refractivity contribution >= 4 is 5.97 Å². The highest BCUT2D eigenvalue weighted by Gasteiger charge is 2.38. The maximum absolute atomic E-state index is 12.2. The fourth-order valence-electron chi connectivity index (χ4n) is 2.75. The number of nitriles is 1. The molecule has 0 bridgehead atoms. The molecule has 0 radical (unpaired) electrons. The number of carbonyl (C=O) groups is 1. The van der Waals surface area contributed by atoms with Gasteiger partial charge in [-0.3, -0.25) is 4.68 Å². The first-order chi connectivity index (χ1) is 10.3. The van der Waals surface area contributed by atoms with Crippen molar-refractivity contribution in [1.29, 1.82) is 5.26 Å². The lowest BCUT2D eigenvalue weighted by Crippen LogP contribution is -2.25. The Labute approximate surface area is 128 Å². The van der Waals surface area contributed by atoms with E-state index in [0.717, 1.165) is 17.0 Å². The summed E-state index contributed by atoms with van der Waals surface area (Å²) in [7, 11) is 3.09. The molecule has 1 atom stereocenters. The Morgan fingerprint density at radius 1 is 1.45 bits per heavy atom. The summed E-state index contributed by atoms with van der Waals surface area (Å²) in [5.74, 6) is -0.860. The standard InChI is InChI=1S/C15H18N4O3/c1-7-11(8(2)19(4)18-7)13-10(6-16)14(17)22-9(3)12(13)15(20)21-5/h13H,17H2,1-5H3/t13-/m1/s1. The van der Waals surface area contributed by atoms with Crippen LogP contribution in [0.5, 0.6) is 0 Å². The Morgan fingerprint density at radius 3 is 2.55 bits per heavy atom. The van der Waals surface area contributed by atoms with Gasteiger partial charge in [0.1, 0.15) is 17.4 Å². The average molecular weight is 302 g/mol. The highest BCUT2D eigenvalue weighted by molar-refractivity contribution is 5.92. The fraction of sp³-hybridized carbons (Fsp3) is 0.400. The van der Waals surface area contributed by atoms with E-state index >= 15 is 0 Å². The van der Waals surface area contributed by atoms with Crippen LogP contribution in [0.25, 0.3) is 0 Å². The molecule has 2 rings (SSSR count). The van der Waals surface area contributed by atoms with E-state index in [2.05, 4.69) is 5.10 Å². The summed E-state index contributed by atoms with van der Waals surface area (Å²) in [5.41, 5.74) is 8.63. The Kier molecular flexibility index (Phi) is 3.95. The first-order valence-corrected chi connectivity index (χ1v) is 6.70. The van der Waals surface area contributed by atoms with Crippen LogP contribution in [0.1, 0.15) is 29.8 Å². The van der Waals surface area contributed by atoms with Crippen molar-refractivity contribution in [2.24, 2.45) is 12.8 Å². The summed E-state index contributed by atoms with van der Waals surface area (Å²) in [6, 6.07) is 2.05. The Balaban J connectivity index is 2.77. The van der Waals surface area contributed by atoms with Gasteiger partial charge in [0.15, 0.2) is 0 Å². The van der Waals surface area contributed by atoms with Gasteiger partial charge in [-0.15, -0.1) is 0 Å². The second-order valence-corrected chi connectivity index (χ2v) is 5.09. The molecule has 2 heterocycles. The van der Waals surface area contributed by atoms with E-state index in [1.165, 1.54) is 7.11 Å². The molecular weight excluding hydrogens is 284 g/mol. The van der Waals surface area contributed by atoms with Crippen LogP contribution in [-0.4, -0.2) is 22.9 Å². The quantitative estimate of drug-likeness (QED) is 0.826. The minimum absolute atomic E-state index is 0.000283. The van der Waals surface area contributed by atoms with Gasteiger partial charge in [0.2, 0.25) is 5.88 Å². The van der Waals surface area contributed by atoms with Crippen molar-refractivity contribution in [1.82, 2.24) is 9.78 Å². The van der Waals surface area contributed by atoms with Crippen molar-refractivity contribution in [3.05, 3.63) is 39.7 Å². The van der Waals surface area contributed by atoms with Crippen molar-refractivity contribution < 1.29 is 14.3 Å². The summed E-state index contributed by atoms with van der Waals surface area (Å²) in [5, 5.41) is 13.8. The van der Waals surface area contributed by atoms with Gasteiger partial charge in [0.05, 0.1) is 24.3 Å². The molecule has 7 nitrogen and oxygen atoms in total. The van der Waals surface area contributed by atoms with Gasteiger partial charge >= 0.3 is 5.97 Å². The first-order valence-electron chi connectivity index (χ1n) is 6.70. The SMILES string of the molecule is COC(=O)C1=C(C)OC(N)=C(C#N)[C@@H]1c1c(C)nn(C)c1C. The molecule has 0 fully saturated rings. The minimum Gasteiger partial charge on any atom is -0.466 e. The van der Waals surface area contributed by atoms with E-state index in [-0.39, 0.29) is 17.0 Å². The van der Waals surface area contributed by atoms with Crippen LogP contribution in [-0.2, 0) is 21.3 Å². The molecule has 2 N–H and O–H groups in total. The Bertz CT molecular complexity index is 750. The molecule has 0 saturated heterocycles. The van der Waals surface area contributed by atoms with Crippen LogP contribution in [0.15, 0.2) is 22.8 Å². The molecule has 1 aromatic heterocycles. The molecule has 7 heteroatoms. The molecule has 0 amide bonds. The number of nitrogens with two attached hydrogens (primary N) is 1. The predicted molar refractivity (Wildman–Crippen MR) is 78.1 cm³/mol. The molecular formula is C15H18N4O3. The summed E-state index contributed by atoms with van der Waals surface area (Å²) in [6.07, 6.45) is 0. The van der Waals surface area contributed by atoms with Gasteiger partial charge in [-0.05, 0) is 20.8 Å². The summed E-state index contributed by atoms with van der Waals surface area (Å²) in [4.78, 5) is 12.2. The minimum atomic E-state index is -0.639. The second-order valence-electron chi connectivity index (χ2n) is 5.09. The zero-order chi connectivity index (χ0) is 16.6. The number of rotatable bonds is 2. The molecule has 0 aliphatic carbocycles. The molecule has 0 aromatic carbocycles. The third kappa shape index (κ3) is 2.22. The number of ether oxygens (including phenoxy) is 2. The van der Waals surface area contributed by atoms with Crippen LogP contribution < -0.4 is 5.73 Å². The Morgan fingerprint density at radius 2 is 2.09 bits per heavy atom. The number of hydrogen-bond acceptors (Lipinski definition) is 6. The van der Waals surface area contributed by atoms with E-state index in [9.17, 15) is 10.1 Å². The van der Waals surface area contributed by atoms with Crippen LogP contribution in [0.2, 0.25) is 0 Å². The molecule has 0 saturated carbocycles. The van der Waals surface area contributed by atoms with Crippen molar-refractivity contribution in [3.63, 3.8) is 0 Å². The molecule has 0 unspecified atom stereocenters. The lowest BCUT2D eigenvalue weighted by molar-refractivity contribution is -0.136. The molecule has 1 aliphatic heterocycles. The van der Waals surface area contributed by atoms with Crippen LogP contribution in [0.4, 0.5) is 0 Å². The van der Waals surface area contributed by atoms with Crippen molar-refractivity contribution in [2.75, 3.05) is 7.11 Å². The lowest BCUT2D eigenvalue weighted by Gasteiger charge is -2.26. The molecule has 1 aromatic rings. The highest BCUT2D eigenvalue weighted by Crippen LogP contribution is 2.41. The largest absolute Gasteiger partial charge is 0.466 e. The third-order valence-electron chi connectivity index (χ3n) is 3.86. The summed E-state index contributed by atoms with van der Waals surface area (Å²) >= 11 is 0. The van der Waals surface area contributed by atoms with E-state index in [1.807, 2.05) is 19.9 Å². The molecule has 0 spiro atoms. The van der Waals surface area contributed by atoms with Crippen LogP contribution in [0.3, 0.4) is 0 Å². The van der Waals surface area contributed by atoms with E-state index in [0.29, 0.717) is 5.76 Å². The summed E-state index contributed by atoms with van der Waals surface area (Å²) in [6.45, 7) is 5.33. The van der Waals surface area contributed by atoms with Crippen molar-refractivity contribution in [3.8, 4) is 6.07 Å². The zero-order valence-electron chi connectivity index (χ0n) is 13.2. The number of carbonyl (C=O) groups excluding carboxylic acids is 1. The number of nitrogens with zero attached hydrogens (tertiary/aromatic N) is 3. The topological polar surface area (TPSA) is 103 Å². The Hall–Kier alpha value is -2.75. The number of methoxy groups -OCH3 is 1.